The van der Waals surface area contributed by atoms with Gasteiger partial charge in [0.2, 0.25) is 0 Å². The summed E-state index contributed by atoms with van der Waals surface area (Å²) in [5.41, 5.74) is 2.16. The predicted molar refractivity (Wildman–Crippen MR) is 114 cm³/mol. The van der Waals surface area contributed by atoms with Crippen LogP contribution in [0.3, 0.4) is 0 Å². The van der Waals surface area contributed by atoms with Crippen LogP contribution in [0, 0.1) is 12.8 Å². The summed E-state index contributed by atoms with van der Waals surface area (Å²) in [5.74, 6) is 1.87. The van der Waals surface area contributed by atoms with Crippen LogP contribution in [0.15, 0.2) is 30.7 Å². The molecule has 7 heteroatoms. The number of hydrogen-bond acceptors (Lipinski definition) is 4. The van der Waals surface area contributed by atoms with Crippen LogP contribution in [0.1, 0.15) is 26.0 Å². The van der Waals surface area contributed by atoms with Crippen LogP contribution >= 0.6 is 12.2 Å². The van der Waals surface area contributed by atoms with Crippen LogP contribution in [-0.4, -0.2) is 42.0 Å². The SMILES string of the molecule is COc1ccc(N(CC(C)C)C(=S)NCCCn2cncc2C)cc1OC. The van der Waals surface area contributed by atoms with E-state index in [0.717, 1.165) is 36.9 Å². The van der Waals surface area contributed by atoms with E-state index >= 15 is 0 Å². The standard InChI is InChI=1S/C20H30N4O2S/c1-15(2)13-24(17-7-8-18(25-4)19(11-17)26-5)20(27)22-9-6-10-23-14-21-12-16(23)3/h7-8,11-12,14-15H,6,9-10,13H2,1-5H3,(H,22,27). The fourth-order valence-corrected chi connectivity index (χ4v) is 3.11. The van der Waals surface area contributed by atoms with Gasteiger partial charge in [-0.15, -0.1) is 0 Å². The van der Waals surface area contributed by atoms with Crippen LogP contribution in [0.4, 0.5) is 5.69 Å². The molecule has 0 bridgehead atoms. The van der Waals surface area contributed by atoms with Gasteiger partial charge in [-0.2, -0.15) is 0 Å². The number of benzene rings is 1. The van der Waals surface area contributed by atoms with Crippen molar-refractivity contribution in [2.75, 3.05) is 32.2 Å². The smallest absolute Gasteiger partial charge is 0.173 e. The summed E-state index contributed by atoms with van der Waals surface area (Å²) in [7, 11) is 3.28. The zero-order chi connectivity index (χ0) is 19.8. The van der Waals surface area contributed by atoms with E-state index < -0.39 is 0 Å². The first-order valence-electron chi connectivity index (χ1n) is 9.20. The molecule has 0 fully saturated rings. The molecular formula is C20H30N4O2S. The van der Waals surface area contributed by atoms with Crippen molar-refractivity contribution in [1.29, 1.82) is 0 Å². The number of imidazole rings is 1. The van der Waals surface area contributed by atoms with Gasteiger partial charge in [0.15, 0.2) is 16.6 Å². The summed E-state index contributed by atoms with van der Waals surface area (Å²) >= 11 is 5.68. The highest BCUT2D eigenvalue weighted by molar-refractivity contribution is 7.80. The third-order valence-electron chi connectivity index (χ3n) is 4.24. The molecule has 0 amide bonds. The molecule has 0 unspecified atom stereocenters. The minimum atomic E-state index is 0.464. The summed E-state index contributed by atoms with van der Waals surface area (Å²) in [6, 6.07) is 5.88. The molecule has 0 radical (unpaired) electrons. The lowest BCUT2D eigenvalue weighted by Gasteiger charge is -2.28. The summed E-state index contributed by atoms with van der Waals surface area (Å²) in [5, 5.41) is 4.11. The van der Waals surface area contributed by atoms with Crippen molar-refractivity contribution in [1.82, 2.24) is 14.9 Å². The lowest BCUT2D eigenvalue weighted by atomic mass is 10.2. The van der Waals surface area contributed by atoms with Crippen LogP contribution in [0.2, 0.25) is 0 Å². The maximum Gasteiger partial charge on any atom is 0.173 e. The monoisotopic (exact) mass is 390 g/mol. The molecule has 0 atom stereocenters. The molecule has 1 N–H and O–H groups in total. The van der Waals surface area contributed by atoms with E-state index in [2.05, 4.69) is 40.5 Å². The second kappa shape index (κ2) is 10.2. The van der Waals surface area contributed by atoms with E-state index in [9.17, 15) is 0 Å². The highest BCUT2D eigenvalue weighted by Crippen LogP contribution is 2.31. The van der Waals surface area contributed by atoms with Gasteiger partial charge in [-0.05, 0) is 43.6 Å². The van der Waals surface area contributed by atoms with Gasteiger partial charge >= 0.3 is 0 Å². The summed E-state index contributed by atoms with van der Waals surface area (Å²) in [6.07, 6.45) is 4.71. The Bertz CT molecular complexity index is 745. The van der Waals surface area contributed by atoms with Crippen molar-refractivity contribution >= 4 is 23.0 Å². The summed E-state index contributed by atoms with van der Waals surface area (Å²) in [6.45, 7) is 8.96. The Kier molecular flexibility index (Phi) is 7.91. The van der Waals surface area contributed by atoms with Crippen molar-refractivity contribution in [2.24, 2.45) is 5.92 Å². The zero-order valence-electron chi connectivity index (χ0n) is 16.9. The minimum Gasteiger partial charge on any atom is -0.493 e. The largest absolute Gasteiger partial charge is 0.493 e. The maximum absolute atomic E-state index is 5.68. The van der Waals surface area contributed by atoms with Crippen molar-refractivity contribution in [2.45, 2.75) is 33.7 Å². The molecule has 0 saturated carbocycles. The fourth-order valence-electron chi connectivity index (χ4n) is 2.82. The first kappa shape index (κ1) is 21.0. The average molecular weight is 391 g/mol. The average Bonchev–Trinajstić information content (AvgIpc) is 3.07. The van der Waals surface area contributed by atoms with Gasteiger partial charge in [0, 0.05) is 43.3 Å². The van der Waals surface area contributed by atoms with Gasteiger partial charge < -0.3 is 24.3 Å². The maximum atomic E-state index is 5.68. The van der Waals surface area contributed by atoms with E-state index in [0.29, 0.717) is 17.4 Å². The second-order valence-corrected chi connectivity index (χ2v) is 7.24. The number of aromatic nitrogens is 2. The second-order valence-electron chi connectivity index (χ2n) is 6.86. The Hall–Kier alpha value is -2.28. The molecule has 2 aromatic rings. The van der Waals surface area contributed by atoms with Crippen LogP contribution in [0.5, 0.6) is 11.5 Å². The Morgan fingerprint density at radius 3 is 2.59 bits per heavy atom. The Balaban J connectivity index is 2.02. The number of thiocarbonyl (C=S) groups is 1. The van der Waals surface area contributed by atoms with E-state index in [4.69, 9.17) is 21.7 Å². The number of nitrogens with one attached hydrogen (secondary N) is 1. The number of rotatable bonds is 9. The third-order valence-corrected chi connectivity index (χ3v) is 4.61. The van der Waals surface area contributed by atoms with E-state index in [1.165, 1.54) is 5.69 Å². The molecule has 27 heavy (non-hydrogen) atoms. The van der Waals surface area contributed by atoms with Gasteiger partial charge in [-0.25, -0.2) is 4.98 Å². The number of aryl methyl sites for hydroxylation is 2. The molecule has 0 spiro atoms. The third kappa shape index (κ3) is 5.85. The number of anilines is 1. The first-order valence-corrected chi connectivity index (χ1v) is 9.61. The lowest BCUT2D eigenvalue weighted by molar-refractivity contribution is 0.355. The van der Waals surface area contributed by atoms with Crippen LogP contribution in [-0.2, 0) is 6.54 Å². The fraction of sp³-hybridized carbons (Fsp3) is 0.500. The number of hydrogen-bond donors (Lipinski definition) is 1. The molecule has 148 valence electrons. The van der Waals surface area contributed by atoms with Crippen LogP contribution < -0.4 is 19.7 Å². The van der Waals surface area contributed by atoms with E-state index in [-0.39, 0.29) is 0 Å². The zero-order valence-corrected chi connectivity index (χ0v) is 17.7. The Labute approximate surface area is 167 Å². The molecule has 0 aliphatic carbocycles. The Morgan fingerprint density at radius 1 is 1.26 bits per heavy atom. The van der Waals surface area contributed by atoms with E-state index in [1.54, 1.807) is 14.2 Å². The van der Waals surface area contributed by atoms with Gasteiger partial charge in [0.1, 0.15) is 0 Å². The van der Waals surface area contributed by atoms with E-state index in [1.807, 2.05) is 30.7 Å². The molecular weight excluding hydrogens is 360 g/mol. The number of ether oxygens (including phenoxy) is 2. The van der Waals surface area contributed by atoms with Gasteiger partial charge in [-0.1, -0.05) is 13.8 Å². The van der Waals surface area contributed by atoms with Gasteiger partial charge in [0.25, 0.3) is 0 Å². The molecule has 0 saturated heterocycles. The normalized spacial score (nSPS) is 10.7. The van der Waals surface area contributed by atoms with Crippen molar-refractivity contribution < 1.29 is 9.47 Å². The predicted octanol–water partition coefficient (Wildman–Crippen LogP) is 3.64. The topological polar surface area (TPSA) is 51.5 Å². The quantitative estimate of drug-likeness (QED) is 0.521. The van der Waals surface area contributed by atoms with Crippen molar-refractivity contribution in [3.8, 4) is 11.5 Å². The van der Waals surface area contributed by atoms with Gasteiger partial charge in [0.05, 0.1) is 20.5 Å². The molecule has 0 aliphatic rings. The molecule has 6 nitrogen and oxygen atoms in total. The molecule has 0 aliphatic heterocycles. The molecule has 1 aromatic carbocycles. The summed E-state index contributed by atoms with van der Waals surface area (Å²) in [4.78, 5) is 6.27. The van der Waals surface area contributed by atoms with Crippen LogP contribution in [0.25, 0.3) is 0 Å². The first-order chi connectivity index (χ1) is 13.0. The van der Waals surface area contributed by atoms with Crippen molar-refractivity contribution in [3.63, 3.8) is 0 Å². The molecule has 1 aromatic heterocycles. The Morgan fingerprint density at radius 2 is 2.00 bits per heavy atom. The summed E-state index contributed by atoms with van der Waals surface area (Å²) < 4.78 is 12.9. The number of nitrogens with zero attached hydrogens (tertiary/aromatic N) is 3. The highest BCUT2D eigenvalue weighted by atomic mass is 32.1. The molecule has 2 rings (SSSR count). The minimum absolute atomic E-state index is 0.464. The lowest BCUT2D eigenvalue weighted by Crippen LogP contribution is -2.42. The van der Waals surface area contributed by atoms with Crippen molar-refractivity contribution in [3.05, 3.63) is 36.4 Å². The van der Waals surface area contributed by atoms with Gasteiger partial charge in [-0.3, -0.25) is 0 Å². The molecule has 1 heterocycles. The highest BCUT2D eigenvalue weighted by Gasteiger charge is 2.16. The number of methoxy groups -OCH3 is 2.